The Morgan fingerprint density at radius 2 is 1.48 bits per heavy atom. The number of hydrogen-bond donors (Lipinski definition) is 1. The van der Waals surface area contributed by atoms with Crippen LogP contribution in [-0.4, -0.2) is 35.0 Å². The Morgan fingerprint density at radius 3 is 2.13 bits per heavy atom. The van der Waals surface area contributed by atoms with Crippen LogP contribution in [-0.2, 0) is 14.3 Å². The minimum Gasteiger partial charge on any atom is -0.462 e. The van der Waals surface area contributed by atoms with Gasteiger partial charge < -0.3 is 9.30 Å². The molecular weight excluding hydrogens is 625 g/mol. The van der Waals surface area contributed by atoms with E-state index in [1.165, 1.54) is 18.2 Å². The van der Waals surface area contributed by atoms with Gasteiger partial charge >= 0.3 is 12.0 Å². The number of rotatable bonds is 7. The van der Waals surface area contributed by atoms with E-state index in [0.717, 1.165) is 27.4 Å². The summed E-state index contributed by atoms with van der Waals surface area (Å²) in [5.74, 6) is -2.14. The van der Waals surface area contributed by atoms with Gasteiger partial charge in [-0.05, 0) is 66.6 Å². The van der Waals surface area contributed by atoms with Gasteiger partial charge in [0.15, 0.2) is 0 Å². The van der Waals surface area contributed by atoms with E-state index in [-0.39, 0.29) is 27.9 Å². The lowest BCUT2D eigenvalue weighted by Gasteiger charge is -2.27. The number of ether oxygens (including phenoxy) is 1. The molecule has 4 aromatic carbocycles. The summed E-state index contributed by atoms with van der Waals surface area (Å²) in [4.78, 5) is 53.2. The van der Waals surface area contributed by atoms with E-state index >= 15 is 0 Å². The van der Waals surface area contributed by atoms with Gasteiger partial charge in [0.25, 0.3) is 11.8 Å². The van der Waals surface area contributed by atoms with Gasteiger partial charge in [0, 0.05) is 11.3 Å². The number of nitrogens with one attached hydrogen (secondary N) is 1. The summed E-state index contributed by atoms with van der Waals surface area (Å²) >= 11 is 12.6. The Bertz CT molecular complexity index is 2020. The van der Waals surface area contributed by atoms with Crippen molar-refractivity contribution in [2.75, 3.05) is 11.5 Å². The van der Waals surface area contributed by atoms with E-state index in [4.69, 9.17) is 27.9 Å². The number of carbonyl (C=O) groups excluding carboxylic acids is 4. The summed E-state index contributed by atoms with van der Waals surface area (Å²) in [5.41, 5.74) is 4.50. The first kappa shape index (κ1) is 30.6. The molecule has 0 radical (unpaired) electrons. The molecule has 5 aromatic rings. The molecule has 0 spiro atoms. The zero-order chi connectivity index (χ0) is 32.4. The topological polar surface area (TPSA) is 97.7 Å². The highest BCUT2D eigenvalue weighted by molar-refractivity contribution is 6.46. The van der Waals surface area contributed by atoms with Crippen molar-refractivity contribution in [2.45, 2.75) is 6.92 Å². The van der Waals surface area contributed by atoms with E-state index < -0.39 is 23.8 Å². The molecule has 0 aliphatic carbocycles. The number of esters is 1. The third-order valence-electron chi connectivity index (χ3n) is 7.36. The molecule has 1 saturated heterocycles. The van der Waals surface area contributed by atoms with Crippen LogP contribution in [0.2, 0.25) is 10.0 Å². The van der Waals surface area contributed by atoms with Gasteiger partial charge in [-0.2, -0.15) is 0 Å². The molecule has 1 N–H and O–H groups in total. The number of benzene rings is 4. The number of carbonyl (C=O) groups is 4. The van der Waals surface area contributed by atoms with Crippen LogP contribution in [0, 0.1) is 0 Å². The summed E-state index contributed by atoms with van der Waals surface area (Å²) in [6.45, 7) is 2.00. The van der Waals surface area contributed by atoms with Crippen LogP contribution in [0.1, 0.15) is 22.8 Å². The maximum absolute atomic E-state index is 13.9. The van der Waals surface area contributed by atoms with E-state index in [0.29, 0.717) is 16.8 Å². The van der Waals surface area contributed by atoms with Crippen molar-refractivity contribution in [1.82, 2.24) is 9.88 Å². The summed E-state index contributed by atoms with van der Waals surface area (Å²) in [5, 5.41) is 2.39. The van der Waals surface area contributed by atoms with Gasteiger partial charge in [-0.1, -0.05) is 89.9 Å². The Morgan fingerprint density at radius 1 is 0.826 bits per heavy atom. The number of barbiturate groups is 1. The molecule has 0 atom stereocenters. The first-order valence-electron chi connectivity index (χ1n) is 14.3. The predicted molar refractivity (Wildman–Crippen MR) is 178 cm³/mol. The Kier molecular flexibility index (Phi) is 8.57. The average Bonchev–Trinajstić information content (AvgIpc) is 3.45. The molecule has 6 rings (SSSR count). The SMILES string of the molecule is CCOC(=O)c1ccc(-n2c(-c3ccccc3)cc(/C=C3/C(=O)NC(=O)N(c4cccc(Cl)c4Cl)C3=O)c2-c2ccccc2)cc1. The second-order valence-electron chi connectivity index (χ2n) is 10.2. The van der Waals surface area contributed by atoms with Crippen LogP contribution in [0.3, 0.4) is 0 Å². The number of anilines is 1. The molecule has 228 valence electrons. The minimum atomic E-state index is -0.941. The van der Waals surface area contributed by atoms with Crippen molar-refractivity contribution in [3.8, 4) is 28.2 Å². The van der Waals surface area contributed by atoms with Gasteiger partial charge in [-0.15, -0.1) is 0 Å². The monoisotopic (exact) mass is 649 g/mol. The van der Waals surface area contributed by atoms with Crippen LogP contribution in [0.15, 0.2) is 115 Å². The normalized spacial score (nSPS) is 14.0. The first-order valence-corrected chi connectivity index (χ1v) is 15.0. The molecule has 1 aliphatic heterocycles. The van der Waals surface area contributed by atoms with Gasteiger partial charge in [0.2, 0.25) is 0 Å². The molecule has 0 bridgehead atoms. The van der Waals surface area contributed by atoms with Gasteiger partial charge in [-0.25, -0.2) is 14.5 Å². The lowest BCUT2D eigenvalue weighted by molar-refractivity contribution is -0.122. The number of nitrogens with zero attached hydrogens (tertiary/aromatic N) is 2. The fourth-order valence-corrected chi connectivity index (χ4v) is 5.66. The Labute approximate surface area is 274 Å². The molecule has 8 nitrogen and oxygen atoms in total. The number of urea groups is 1. The lowest BCUT2D eigenvalue weighted by Crippen LogP contribution is -2.54. The predicted octanol–water partition coefficient (Wildman–Crippen LogP) is 7.96. The van der Waals surface area contributed by atoms with E-state index in [1.54, 1.807) is 25.1 Å². The second-order valence-corrected chi connectivity index (χ2v) is 11.0. The van der Waals surface area contributed by atoms with Crippen LogP contribution in [0.25, 0.3) is 34.3 Å². The van der Waals surface area contributed by atoms with Gasteiger partial charge in [0.1, 0.15) is 5.57 Å². The molecule has 0 unspecified atom stereocenters. The summed E-state index contributed by atoms with van der Waals surface area (Å²) < 4.78 is 7.16. The molecule has 1 fully saturated rings. The minimum absolute atomic E-state index is 0.00452. The van der Waals surface area contributed by atoms with E-state index in [2.05, 4.69) is 5.32 Å². The maximum Gasteiger partial charge on any atom is 0.338 e. The smallest absolute Gasteiger partial charge is 0.338 e. The van der Waals surface area contributed by atoms with Crippen LogP contribution < -0.4 is 10.2 Å². The zero-order valence-corrected chi connectivity index (χ0v) is 25.9. The highest BCUT2D eigenvalue weighted by atomic mass is 35.5. The van der Waals surface area contributed by atoms with Crippen LogP contribution in [0.4, 0.5) is 10.5 Å². The number of halogens is 2. The Hall–Kier alpha value is -5.44. The first-order chi connectivity index (χ1) is 22.3. The van der Waals surface area contributed by atoms with Crippen LogP contribution in [0.5, 0.6) is 0 Å². The van der Waals surface area contributed by atoms with Crippen molar-refractivity contribution in [2.24, 2.45) is 0 Å². The number of imide groups is 2. The zero-order valence-electron chi connectivity index (χ0n) is 24.4. The third kappa shape index (κ3) is 5.72. The molecule has 46 heavy (non-hydrogen) atoms. The molecule has 0 saturated carbocycles. The molecule has 1 aliphatic rings. The molecule has 1 aromatic heterocycles. The largest absolute Gasteiger partial charge is 0.462 e. The summed E-state index contributed by atoms with van der Waals surface area (Å²) in [6.07, 6.45) is 1.47. The third-order valence-corrected chi connectivity index (χ3v) is 8.17. The van der Waals surface area contributed by atoms with Crippen molar-refractivity contribution < 1.29 is 23.9 Å². The number of amides is 4. The van der Waals surface area contributed by atoms with Gasteiger partial charge in [0.05, 0.1) is 39.3 Å². The van der Waals surface area contributed by atoms with Crippen molar-refractivity contribution in [1.29, 1.82) is 0 Å². The molecule has 2 heterocycles. The second kappa shape index (κ2) is 12.9. The summed E-state index contributed by atoms with van der Waals surface area (Å²) in [7, 11) is 0. The fourth-order valence-electron chi connectivity index (χ4n) is 5.28. The number of aromatic nitrogens is 1. The summed E-state index contributed by atoms with van der Waals surface area (Å²) in [6, 6.07) is 31.6. The fraction of sp³-hybridized carbons (Fsp3) is 0.0556. The highest BCUT2D eigenvalue weighted by Gasteiger charge is 2.38. The molecule has 10 heteroatoms. The highest BCUT2D eigenvalue weighted by Crippen LogP contribution is 2.39. The maximum atomic E-state index is 13.9. The van der Waals surface area contributed by atoms with Crippen LogP contribution >= 0.6 is 23.2 Å². The average molecular weight is 651 g/mol. The molecule has 4 amide bonds. The molecular formula is C36H25Cl2N3O5. The standard InChI is InChI=1S/C36H25Cl2N3O5/c1-2-46-35(44)24-16-18-26(19-17-24)40-30(22-10-5-3-6-11-22)21-25(32(40)23-12-7-4-8-13-23)20-27-33(42)39-36(45)41(34(27)43)29-15-9-14-28(37)31(29)38/h3-21H,2H2,1H3,(H,39,42,45)/b27-20-. The van der Waals surface area contributed by atoms with Crippen molar-refractivity contribution in [3.05, 3.63) is 136 Å². The Balaban J connectivity index is 1.58. The quantitative estimate of drug-likeness (QED) is 0.110. The van der Waals surface area contributed by atoms with E-state index in [9.17, 15) is 19.2 Å². The number of hydrogen-bond acceptors (Lipinski definition) is 5. The van der Waals surface area contributed by atoms with Gasteiger partial charge in [-0.3, -0.25) is 14.9 Å². The van der Waals surface area contributed by atoms with Crippen molar-refractivity contribution in [3.63, 3.8) is 0 Å². The van der Waals surface area contributed by atoms with Crippen molar-refractivity contribution >= 4 is 58.8 Å². The lowest BCUT2D eigenvalue weighted by atomic mass is 10.0. The van der Waals surface area contributed by atoms with E-state index in [1.807, 2.05) is 83.4 Å².